The van der Waals surface area contributed by atoms with Gasteiger partial charge in [-0.05, 0) is 31.5 Å². The first-order valence-electron chi connectivity index (χ1n) is 6.03. The van der Waals surface area contributed by atoms with Gasteiger partial charge in [-0.15, -0.1) is 0 Å². The van der Waals surface area contributed by atoms with Crippen LogP contribution in [-0.4, -0.2) is 28.4 Å². The van der Waals surface area contributed by atoms with Crippen LogP contribution in [0.15, 0.2) is 29.8 Å². The average molecular weight is 283 g/mol. The number of likely N-dealkylation sites (N-methyl/N-ethyl adjacent to an activating group) is 1. The third-order valence-electron chi connectivity index (χ3n) is 2.78. The number of hydrogen-bond donors (Lipinski definition) is 1. The zero-order valence-electron chi connectivity index (χ0n) is 11.2. The van der Waals surface area contributed by atoms with E-state index in [2.05, 4.69) is 0 Å². The molecule has 108 valence electrons. The van der Waals surface area contributed by atoms with Crippen LogP contribution in [0, 0.1) is 11.6 Å². The van der Waals surface area contributed by atoms with E-state index in [-0.39, 0.29) is 18.7 Å². The predicted octanol–water partition coefficient (Wildman–Crippen LogP) is 2.34. The third kappa shape index (κ3) is 3.63. The molecule has 0 fully saturated rings. The van der Waals surface area contributed by atoms with Gasteiger partial charge in [0.1, 0.15) is 5.57 Å². The minimum atomic E-state index is -1.32. The molecule has 0 aliphatic rings. The summed E-state index contributed by atoms with van der Waals surface area (Å²) in [5, 5.41) is 8.91. The van der Waals surface area contributed by atoms with Crippen LogP contribution in [0.25, 0.3) is 0 Å². The third-order valence-corrected chi connectivity index (χ3v) is 2.78. The Hall–Kier alpha value is -2.24. The highest BCUT2D eigenvalue weighted by Crippen LogP contribution is 2.13. The molecule has 0 aromatic heterocycles. The molecule has 0 saturated carbocycles. The molecule has 1 aromatic rings. The van der Waals surface area contributed by atoms with Gasteiger partial charge in [-0.2, -0.15) is 0 Å². The summed E-state index contributed by atoms with van der Waals surface area (Å²) < 4.78 is 25.9. The highest BCUT2D eigenvalue weighted by molar-refractivity contribution is 6.15. The van der Waals surface area contributed by atoms with Crippen LogP contribution in [0.4, 0.5) is 8.78 Å². The van der Waals surface area contributed by atoms with Crippen LogP contribution < -0.4 is 0 Å². The van der Waals surface area contributed by atoms with E-state index in [4.69, 9.17) is 5.11 Å². The molecular weight excluding hydrogens is 268 g/mol. The number of amides is 1. The number of aliphatic carboxylic acids is 1. The van der Waals surface area contributed by atoms with E-state index < -0.39 is 23.5 Å². The summed E-state index contributed by atoms with van der Waals surface area (Å²) in [7, 11) is 0. The Bertz CT molecular complexity index is 555. The Labute approximate surface area is 115 Å². The van der Waals surface area contributed by atoms with Crippen LogP contribution in [0.5, 0.6) is 0 Å². The lowest BCUT2D eigenvalue weighted by Gasteiger charge is -2.21. The number of rotatable bonds is 5. The number of nitrogens with zero attached hydrogens (tertiary/aromatic N) is 1. The molecule has 0 saturated heterocycles. The highest BCUT2D eigenvalue weighted by Gasteiger charge is 2.22. The van der Waals surface area contributed by atoms with E-state index in [9.17, 15) is 18.4 Å². The van der Waals surface area contributed by atoms with Crippen LogP contribution >= 0.6 is 0 Å². The Morgan fingerprint density at radius 3 is 2.40 bits per heavy atom. The minimum absolute atomic E-state index is 0.0111. The number of allylic oxidation sites excluding steroid dienone is 1. The second-order valence-corrected chi connectivity index (χ2v) is 4.08. The van der Waals surface area contributed by atoms with Gasteiger partial charge in [-0.3, -0.25) is 4.79 Å². The van der Waals surface area contributed by atoms with Crippen molar-refractivity contribution in [1.29, 1.82) is 0 Å². The predicted molar refractivity (Wildman–Crippen MR) is 68.8 cm³/mol. The van der Waals surface area contributed by atoms with Gasteiger partial charge in [-0.25, -0.2) is 13.6 Å². The Kier molecular flexibility index (Phi) is 5.37. The lowest BCUT2D eigenvalue weighted by Crippen LogP contribution is -2.33. The fourth-order valence-electron chi connectivity index (χ4n) is 1.69. The summed E-state index contributed by atoms with van der Waals surface area (Å²) in [6, 6.07) is 3.31. The Balaban J connectivity index is 2.94. The summed E-state index contributed by atoms with van der Waals surface area (Å²) in [4.78, 5) is 24.2. The van der Waals surface area contributed by atoms with Crippen LogP contribution in [0.3, 0.4) is 0 Å². The maximum Gasteiger partial charge on any atom is 0.340 e. The topological polar surface area (TPSA) is 57.6 Å². The summed E-state index contributed by atoms with van der Waals surface area (Å²) in [5.41, 5.74) is 0.0365. The standard InChI is InChI=1S/C14H15F2NO3/c1-3-10(14(19)20)13(18)17(4-2)8-9-5-6-11(15)12(16)7-9/h3,5-7H,4,8H2,1-2H3,(H,19,20). The number of carbonyl (C=O) groups is 2. The summed E-state index contributed by atoms with van der Waals surface area (Å²) in [6.45, 7) is 3.39. The SMILES string of the molecule is CC=C(C(=O)O)C(=O)N(CC)Cc1ccc(F)c(F)c1. The first kappa shape index (κ1) is 15.8. The molecule has 0 aliphatic heterocycles. The van der Waals surface area contributed by atoms with Crippen LogP contribution in [-0.2, 0) is 16.1 Å². The van der Waals surface area contributed by atoms with E-state index in [0.717, 1.165) is 12.1 Å². The van der Waals surface area contributed by atoms with E-state index in [1.165, 1.54) is 24.0 Å². The van der Waals surface area contributed by atoms with E-state index in [0.29, 0.717) is 5.56 Å². The van der Waals surface area contributed by atoms with E-state index in [1.54, 1.807) is 6.92 Å². The maximum absolute atomic E-state index is 13.1. The molecular formula is C14H15F2NO3. The molecule has 0 spiro atoms. The Morgan fingerprint density at radius 2 is 1.95 bits per heavy atom. The molecule has 0 unspecified atom stereocenters. The summed E-state index contributed by atoms with van der Waals surface area (Å²) >= 11 is 0. The lowest BCUT2D eigenvalue weighted by molar-refractivity contribution is -0.137. The molecule has 0 atom stereocenters. The molecule has 1 N–H and O–H groups in total. The van der Waals surface area contributed by atoms with Crippen molar-refractivity contribution >= 4 is 11.9 Å². The average Bonchev–Trinajstić information content (AvgIpc) is 2.40. The van der Waals surface area contributed by atoms with Crippen molar-refractivity contribution in [1.82, 2.24) is 4.90 Å². The molecule has 1 rings (SSSR count). The van der Waals surface area contributed by atoms with Gasteiger partial charge >= 0.3 is 5.97 Å². The summed E-state index contributed by atoms with van der Waals surface area (Å²) in [6.07, 6.45) is 1.21. The van der Waals surface area contributed by atoms with Gasteiger partial charge < -0.3 is 10.0 Å². The first-order chi connectivity index (χ1) is 9.40. The van der Waals surface area contributed by atoms with Crippen molar-refractivity contribution in [3.05, 3.63) is 47.0 Å². The molecule has 6 heteroatoms. The highest BCUT2D eigenvalue weighted by atomic mass is 19.2. The van der Waals surface area contributed by atoms with Crippen molar-refractivity contribution in [2.75, 3.05) is 6.54 Å². The smallest absolute Gasteiger partial charge is 0.340 e. The summed E-state index contributed by atoms with van der Waals surface area (Å²) in [5.74, 6) is -3.95. The molecule has 0 radical (unpaired) electrons. The number of carboxylic acids is 1. The molecule has 0 aliphatic carbocycles. The van der Waals surface area contributed by atoms with Gasteiger partial charge in [0.25, 0.3) is 5.91 Å². The van der Waals surface area contributed by atoms with Gasteiger partial charge in [-0.1, -0.05) is 12.1 Å². The van der Waals surface area contributed by atoms with Crippen molar-refractivity contribution < 1.29 is 23.5 Å². The zero-order chi connectivity index (χ0) is 15.3. The van der Waals surface area contributed by atoms with Crippen molar-refractivity contribution in [3.8, 4) is 0 Å². The number of halogens is 2. The van der Waals surface area contributed by atoms with Crippen molar-refractivity contribution in [2.45, 2.75) is 20.4 Å². The molecule has 1 aromatic carbocycles. The number of carboxylic acid groups (broad SMARTS) is 1. The first-order valence-corrected chi connectivity index (χ1v) is 6.03. The van der Waals surface area contributed by atoms with Gasteiger partial charge in [0.2, 0.25) is 0 Å². The van der Waals surface area contributed by atoms with Crippen LogP contribution in [0.2, 0.25) is 0 Å². The van der Waals surface area contributed by atoms with E-state index in [1.807, 2.05) is 0 Å². The fraction of sp³-hybridized carbons (Fsp3) is 0.286. The van der Waals surface area contributed by atoms with Crippen molar-refractivity contribution in [2.24, 2.45) is 0 Å². The molecule has 4 nitrogen and oxygen atoms in total. The molecule has 0 heterocycles. The van der Waals surface area contributed by atoms with Crippen LogP contribution in [0.1, 0.15) is 19.4 Å². The van der Waals surface area contributed by atoms with Gasteiger partial charge in [0, 0.05) is 13.1 Å². The van der Waals surface area contributed by atoms with E-state index >= 15 is 0 Å². The van der Waals surface area contributed by atoms with Gasteiger partial charge in [0.05, 0.1) is 0 Å². The quantitative estimate of drug-likeness (QED) is 0.512. The number of hydrogen-bond acceptors (Lipinski definition) is 2. The second kappa shape index (κ2) is 6.79. The minimum Gasteiger partial charge on any atom is -0.478 e. The normalized spacial score (nSPS) is 11.3. The monoisotopic (exact) mass is 283 g/mol. The zero-order valence-corrected chi connectivity index (χ0v) is 11.2. The van der Waals surface area contributed by atoms with Crippen molar-refractivity contribution in [3.63, 3.8) is 0 Å². The van der Waals surface area contributed by atoms with Gasteiger partial charge in [0.15, 0.2) is 11.6 Å². The molecule has 1 amide bonds. The number of benzene rings is 1. The lowest BCUT2D eigenvalue weighted by atomic mass is 10.1. The Morgan fingerprint density at radius 1 is 1.30 bits per heavy atom. The largest absolute Gasteiger partial charge is 0.478 e. The molecule has 20 heavy (non-hydrogen) atoms. The fourth-order valence-corrected chi connectivity index (χ4v) is 1.69. The number of carbonyl (C=O) groups excluding carboxylic acids is 1. The maximum atomic E-state index is 13.1. The molecule has 0 bridgehead atoms. The second-order valence-electron chi connectivity index (χ2n) is 4.08.